The third-order valence-corrected chi connectivity index (χ3v) is 5.44. The van der Waals surface area contributed by atoms with Gasteiger partial charge < -0.3 is 19.9 Å². The molecule has 2 fully saturated rings. The number of nitrogens with zero attached hydrogens (tertiary/aromatic N) is 4. The Bertz CT molecular complexity index is 876. The molecule has 0 aliphatic carbocycles. The molecular weight excluding hydrogens is 382 g/mol. The number of carbonyl (C=O) groups is 2. The average Bonchev–Trinajstić information content (AvgIpc) is 2.99. The molecule has 0 aromatic carbocycles. The molecule has 0 unspecified atom stereocenters. The molecule has 1 atom stereocenters. The monoisotopic (exact) mass is 409 g/mol. The van der Waals surface area contributed by atoms with Crippen LogP contribution in [0.2, 0.25) is 0 Å². The lowest BCUT2D eigenvalue weighted by atomic mass is 10.2. The Morgan fingerprint density at radius 2 is 2.00 bits per heavy atom. The van der Waals surface area contributed by atoms with Crippen molar-refractivity contribution in [1.29, 1.82) is 0 Å². The van der Waals surface area contributed by atoms with Crippen LogP contribution in [0.25, 0.3) is 0 Å². The summed E-state index contributed by atoms with van der Waals surface area (Å²) in [7, 11) is 0. The minimum absolute atomic E-state index is 0.0266. The smallest absolute Gasteiger partial charge is 0.242 e. The van der Waals surface area contributed by atoms with Crippen molar-refractivity contribution in [3.8, 4) is 0 Å². The molecule has 8 heteroatoms. The highest BCUT2D eigenvalue weighted by atomic mass is 16.5. The fourth-order valence-corrected chi connectivity index (χ4v) is 3.79. The summed E-state index contributed by atoms with van der Waals surface area (Å²) >= 11 is 0. The normalized spacial score (nSPS) is 20.0. The number of pyridine rings is 2. The first kappa shape index (κ1) is 20.3. The van der Waals surface area contributed by atoms with Gasteiger partial charge in [-0.1, -0.05) is 18.6 Å². The fourth-order valence-electron chi connectivity index (χ4n) is 3.79. The van der Waals surface area contributed by atoms with Crippen LogP contribution < -0.4 is 5.32 Å². The lowest BCUT2D eigenvalue weighted by Gasteiger charge is -2.34. The summed E-state index contributed by atoms with van der Waals surface area (Å²) in [4.78, 5) is 37.4. The first-order valence-corrected chi connectivity index (χ1v) is 10.5. The number of morpholine rings is 1. The summed E-state index contributed by atoms with van der Waals surface area (Å²) in [5.41, 5.74) is 0.763. The molecule has 8 nitrogen and oxygen atoms in total. The minimum atomic E-state index is -0.298. The topological polar surface area (TPSA) is 87.7 Å². The van der Waals surface area contributed by atoms with Crippen molar-refractivity contribution in [3.05, 3.63) is 48.3 Å². The van der Waals surface area contributed by atoms with Crippen LogP contribution in [-0.2, 0) is 14.3 Å². The van der Waals surface area contributed by atoms with Crippen LogP contribution in [0, 0.1) is 0 Å². The van der Waals surface area contributed by atoms with Crippen molar-refractivity contribution in [2.45, 2.75) is 31.8 Å². The van der Waals surface area contributed by atoms with Gasteiger partial charge >= 0.3 is 0 Å². The van der Waals surface area contributed by atoms with Crippen molar-refractivity contribution < 1.29 is 14.3 Å². The molecule has 4 rings (SSSR count). The number of likely N-dealkylation sites (tertiary alicyclic amines) is 1. The second-order valence-electron chi connectivity index (χ2n) is 7.61. The van der Waals surface area contributed by atoms with E-state index in [0.29, 0.717) is 44.3 Å². The number of aromatic nitrogens is 2. The number of hydrogen-bond acceptors (Lipinski definition) is 6. The molecule has 4 heterocycles. The van der Waals surface area contributed by atoms with Crippen molar-refractivity contribution in [1.82, 2.24) is 19.8 Å². The second-order valence-corrected chi connectivity index (χ2v) is 7.61. The van der Waals surface area contributed by atoms with Crippen molar-refractivity contribution in [3.63, 3.8) is 0 Å². The van der Waals surface area contributed by atoms with E-state index < -0.39 is 0 Å². The van der Waals surface area contributed by atoms with E-state index >= 15 is 0 Å². The fraction of sp³-hybridized carbons (Fsp3) is 0.455. The maximum Gasteiger partial charge on any atom is 0.242 e. The number of hydrogen-bond donors (Lipinski definition) is 1. The molecule has 0 saturated carbocycles. The molecule has 158 valence electrons. The third-order valence-electron chi connectivity index (χ3n) is 5.44. The van der Waals surface area contributed by atoms with Gasteiger partial charge in [-0.15, -0.1) is 0 Å². The van der Waals surface area contributed by atoms with Gasteiger partial charge in [-0.25, -0.2) is 9.97 Å². The van der Waals surface area contributed by atoms with E-state index in [-0.39, 0.29) is 24.5 Å². The standard InChI is InChI=1S/C22H27N5O3/c28-21-10-2-1-5-12-26(21)16-22(29)27-13-14-30-18(15-27)17-7-6-9-20(24-17)25-19-8-3-4-11-23-19/h3-4,6-9,11,18H,1-2,5,10,12-16H2,(H,23,24,25)/t18-/m1/s1. The molecule has 1 N–H and O–H groups in total. The summed E-state index contributed by atoms with van der Waals surface area (Å²) in [5.74, 6) is 1.45. The lowest BCUT2D eigenvalue weighted by molar-refractivity contribution is -0.145. The number of ether oxygens (including phenoxy) is 1. The van der Waals surface area contributed by atoms with Gasteiger partial charge in [0.05, 0.1) is 25.4 Å². The zero-order valence-electron chi connectivity index (χ0n) is 17.0. The Hall–Kier alpha value is -3.00. The van der Waals surface area contributed by atoms with E-state index in [1.54, 1.807) is 16.0 Å². The van der Waals surface area contributed by atoms with E-state index in [0.717, 1.165) is 25.0 Å². The van der Waals surface area contributed by atoms with Crippen LogP contribution in [0.15, 0.2) is 42.6 Å². The number of rotatable bonds is 5. The van der Waals surface area contributed by atoms with Crippen LogP contribution in [0.4, 0.5) is 11.6 Å². The van der Waals surface area contributed by atoms with Crippen LogP contribution in [0.3, 0.4) is 0 Å². The third kappa shape index (κ3) is 5.13. The summed E-state index contributed by atoms with van der Waals surface area (Å²) < 4.78 is 5.90. The molecule has 30 heavy (non-hydrogen) atoms. The highest BCUT2D eigenvalue weighted by molar-refractivity contribution is 5.85. The predicted molar refractivity (Wildman–Crippen MR) is 112 cm³/mol. The summed E-state index contributed by atoms with van der Waals surface area (Å²) in [5, 5.41) is 3.18. The van der Waals surface area contributed by atoms with Gasteiger partial charge in [0.1, 0.15) is 17.7 Å². The van der Waals surface area contributed by atoms with Gasteiger partial charge in [-0.3, -0.25) is 9.59 Å². The van der Waals surface area contributed by atoms with Gasteiger partial charge in [-0.2, -0.15) is 0 Å². The van der Waals surface area contributed by atoms with E-state index in [2.05, 4.69) is 15.3 Å². The first-order chi connectivity index (χ1) is 14.7. The molecule has 2 aromatic rings. The van der Waals surface area contributed by atoms with E-state index in [9.17, 15) is 9.59 Å². The molecule has 0 spiro atoms. The van der Waals surface area contributed by atoms with Gasteiger partial charge in [0.2, 0.25) is 11.8 Å². The predicted octanol–water partition coefficient (Wildman–Crippen LogP) is 2.52. The first-order valence-electron chi connectivity index (χ1n) is 10.5. The van der Waals surface area contributed by atoms with Gasteiger partial charge in [0.15, 0.2) is 0 Å². The van der Waals surface area contributed by atoms with Gasteiger partial charge in [0.25, 0.3) is 0 Å². The van der Waals surface area contributed by atoms with Crippen molar-refractivity contribution >= 4 is 23.5 Å². The zero-order valence-corrected chi connectivity index (χ0v) is 17.0. The number of amides is 2. The highest BCUT2D eigenvalue weighted by Gasteiger charge is 2.28. The Morgan fingerprint density at radius 3 is 2.87 bits per heavy atom. The molecule has 2 aliphatic rings. The zero-order chi connectivity index (χ0) is 20.8. The summed E-state index contributed by atoms with van der Waals surface area (Å²) in [6.07, 6.45) is 4.88. The van der Waals surface area contributed by atoms with Crippen LogP contribution in [-0.4, -0.2) is 64.4 Å². The van der Waals surface area contributed by atoms with Crippen LogP contribution >= 0.6 is 0 Å². The number of nitrogens with one attached hydrogen (secondary N) is 1. The molecule has 2 saturated heterocycles. The Balaban J connectivity index is 1.39. The van der Waals surface area contributed by atoms with Gasteiger partial charge in [-0.05, 0) is 37.1 Å². The SMILES string of the molecule is O=C1CCCCCN1CC(=O)N1CCO[C@@H](c2cccc(Nc3ccccn3)n2)C1. The molecule has 2 aromatic heterocycles. The van der Waals surface area contributed by atoms with Crippen molar-refractivity contribution in [2.75, 3.05) is 38.1 Å². The maximum atomic E-state index is 12.8. The van der Waals surface area contributed by atoms with Crippen LogP contribution in [0.5, 0.6) is 0 Å². The van der Waals surface area contributed by atoms with Crippen molar-refractivity contribution in [2.24, 2.45) is 0 Å². The Kier molecular flexibility index (Phi) is 6.53. The Labute approximate surface area is 176 Å². The maximum absolute atomic E-state index is 12.8. The lowest BCUT2D eigenvalue weighted by Crippen LogP contribution is -2.47. The quantitative estimate of drug-likeness (QED) is 0.817. The molecule has 0 radical (unpaired) electrons. The van der Waals surface area contributed by atoms with Crippen LogP contribution in [0.1, 0.15) is 37.5 Å². The molecule has 2 aliphatic heterocycles. The number of anilines is 2. The molecule has 2 amide bonds. The van der Waals surface area contributed by atoms with E-state index in [1.165, 1.54) is 0 Å². The summed E-state index contributed by atoms with van der Waals surface area (Å²) in [6, 6.07) is 11.3. The average molecular weight is 409 g/mol. The highest BCUT2D eigenvalue weighted by Crippen LogP contribution is 2.23. The minimum Gasteiger partial charge on any atom is -0.368 e. The second kappa shape index (κ2) is 9.67. The largest absolute Gasteiger partial charge is 0.368 e. The van der Waals surface area contributed by atoms with E-state index in [4.69, 9.17) is 4.74 Å². The molecule has 0 bridgehead atoms. The van der Waals surface area contributed by atoms with Gasteiger partial charge in [0, 0.05) is 25.7 Å². The van der Waals surface area contributed by atoms with E-state index in [1.807, 2.05) is 36.4 Å². The number of carbonyl (C=O) groups excluding carboxylic acids is 2. The summed E-state index contributed by atoms with van der Waals surface area (Å²) in [6.45, 7) is 2.23. The molecular formula is C22H27N5O3. The Morgan fingerprint density at radius 1 is 1.10 bits per heavy atom.